The van der Waals surface area contributed by atoms with Crippen LogP contribution in [0.15, 0.2) is 30.3 Å². The average Bonchev–Trinajstić information content (AvgIpc) is 2.51. The summed E-state index contributed by atoms with van der Waals surface area (Å²) in [7, 11) is 0. The zero-order chi connectivity index (χ0) is 18.6. The summed E-state index contributed by atoms with van der Waals surface area (Å²) in [6.45, 7) is 5.11. The minimum absolute atomic E-state index is 0.102. The molecule has 7 heteroatoms. The monoisotopic (exact) mass is 341 g/mol. The molecule has 0 aliphatic heterocycles. The second-order valence-electron chi connectivity index (χ2n) is 6.58. The third kappa shape index (κ3) is 5.18. The van der Waals surface area contributed by atoms with E-state index in [2.05, 4.69) is 10.3 Å². The smallest absolute Gasteiger partial charge is 0.408 e. The van der Waals surface area contributed by atoms with Crippen molar-refractivity contribution in [2.75, 3.05) is 0 Å². The number of rotatable bonds is 4. The SMILES string of the molecule is CC(C)(C)OC(=O)N[C@@H](Cc1ccc2nc(C#N)ccc2c1)C(=O)O. The van der Waals surface area contributed by atoms with Gasteiger partial charge in [-0.1, -0.05) is 6.07 Å². The number of amides is 1. The summed E-state index contributed by atoms with van der Waals surface area (Å²) in [5.74, 6) is -1.15. The van der Waals surface area contributed by atoms with Crippen LogP contribution in [0.2, 0.25) is 0 Å². The summed E-state index contributed by atoms with van der Waals surface area (Å²) in [6.07, 6.45) is -0.675. The van der Waals surface area contributed by atoms with Crippen LogP contribution in [-0.4, -0.2) is 33.8 Å². The molecule has 0 saturated heterocycles. The second-order valence-corrected chi connectivity index (χ2v) is 6.58. The van der Waals surface area contributed by atoms with Gasteiger partial charge < -0.3 is 15.2 Å². The first-order valence-corrected chi connectivity index (χ1v) is 7.70. The standard InChI is InChI=1S/C18H19N3O4/c1-18(2,3)25-17(24)21-15(16(22)23)9-11-4-7-14-12(8-11)5-6-13(10-19)20-14/h4-8,15H,9H2,1-3H3,(H,21,24)(H,22,23)/t15-/m0/s1. The largest absolute Gasteiger partial charge is 0.480 e. The van der Waals surface area contributed by atoms with Crippen molar-refractivity contribution in [3.8, 4) is 6.07 Å². The van der Waals surface area contributed by atoms with Gasteiger partial charge in [0.1, 0.15) is 23.4 Å². The minimum Gasteiger partial charge on any atom is -0.480 e. The van der Waals surface area contributed by atoms with Gasteiger partial charge in [0.05, 0.1) is 5.52 Å². The van der Waals surface area contributed by atoms with Gasteiger partial charge in [0.15, 0.2) is 0 Å². The van der Waals surface area contributed by atoms with Crippen molar-refractivity contribution in [2.45, 2.75) is 38.8 Å². The molecule has 1 amide bonds. The van der Waals surface area contributed by atoms with Crippen molar-refractivity contribution in [3.63, 3.8) is 0 Å². The quantitative estimate of drug-likeness (QED) is 0.884. The summed E-state index contributed by atoms with van der Waals surface area (Å²) in [6, 6.07) is 9.44. The van der Waals surface area contributed by atoms with E-state index in [-0.39, 0.29) is 6.42 Å². The molecule has 2 N–H and O–H groups in total. The second kappa shape index (κ2) is 7.18. The Hall–Kier alpha value is -3.14. The maximum Gasteiger partial charge on any atom is 0.408 e. The highest BCUT2D eigenvalue weighted by Crippen LogP contribution is 2.16. The molecule has 0 bridgehead atoms. The topological polar surface area (TPSA) is 112 Å². The van der Waals surface area contributed by atoms with Crippen molar-refractivity contribution in [3.05, 3.63) is 41.6 Å². The summed E-state index contributed by atoms with van der Waals surface area (Å²) in [5.41, 5.74) is 0.979. The van der Waals surface area contributed by atoms with Crippen LogP contribution in [0.5, 0.6) is 0 Å². The highest BCUT2D eigenvalue weighted by atomic mass is 16.6. The average molecular weight is 341 g/mol. The molecular weight excluding hydrogens is 322 g/mol. The van der Waals surface area contributed by atoms with Crippen LogP contribution in [0.4, 0.5) is 4.79 Å². The molecule has 0 fully saturated rings. The Morgan fingerprint density at radius 2 is 2.04 bits per heavy atom. The lowest BCUT2D eigenvalue weighted by atomic mass is 10.0. The number of nitrogens with one attached hydrogen (secondary N) is 1. The van der Waals surface area contributed by atoms with E-state index in [1.165, 1.54) is 0 Å². The lowest BCUT2D eigenvalue weighted by Crippen LogP contribution is -2.44. The number of benzene rings is 1. The molecule has 1 aromatic heterocycles. The molecule has 0 radical (unpaired) electrons. The number of alkyl carbamates (subject to hydrolysis) is 1. The number of ether oxygens (including phenoxy) is 1. The summed E-state index contributed by atoms with van der Waals surface area (Å²) >= 11 is 0. The van der Waals surface area contributed by atoms with Crippen LogP contribution >= 0.6 is 0 Å². The maximum atomic E-state index is 11.8. The molecule has 0 saturated carbocycles. The number of nitrogens with zero attached hydrogens (tertiary/aromatic N) is 2. The Labute approximate surface area is 145 Å². The van der Waals surface area contributed by atoms with Crippen molar-refractivity contribution in [2.24, 2.45) is 0 Å². The Balaban J connectivity index is 2.16. The number of fused-ring (bicyclic) bond motifs is 1. The van der Waals surface area contributed by atoms with Gasteiger partial charge in [-0.05, 0) is 50.6 Å². The van der Waals surface area contributed by atoms with Crippen molar-refractivity contribution in [1.82, 2.24) is 10.3 Å². The van der Waals surface area contributed by atoms with Crippen molar-refractivity contribution >= 4 is 23.0 Å². The van der Waals surface area contributed by atoms with Gasteiger partial charge in [-0.2, -0.15) is 5.26 Å². The Bertz CT molecular complexity index is 850. The van der Waals surface area contributed by atoms with E-state index in [9.17, 15) is 14.7 Å². The Kier molecular flexibility index (Phi) is 5.22. The molecule has 0 aliphatic rings. The molecule has 25 heavy (non-hydrogen) atoms. The fraction of sp³-hybridized carbons (Fsp3) is 0.333. The first kappa shape index (κ1) is 18.2. The van der Waals surface area contributed by atoms with Gasteiger partial charge in [-0.25, -0.2) is 14.6 Å². The normalized spacial score (nSPS) is 12.2. The van der Waals surface area contributed by atoms with E-state index in [1.807, 2.05) is 6.07 Å². The predicted octanol–water partition coefficient (Wildman–Crippen LogP) is 2.63. The van der Waals surface area contributed by atoms with Gasteiger partial charge in [-0.15, -0.1) is 0 Å². The first-order chi connectivity index (χ1) is 11.7. The maximum absolute atomic E-state index is 11.8. The van der Waals surface area contributed by atoms with Gasteiger partial charge in [-0.3, -0.25) is 0 Å². The molecule has 0 aliphatic carbocycles. The van der Waals surface area contributed by atoms with Gasteiger partial charge in [0, 0.05) is 11.8 Å². The Morgan fingerprint density at radius 1 is 1.32 bits per heavy atom. The van der Waals surface area contributed by atoms with Crippen LogP contribution in [-0.2, 0) is 16.0 Å². The van der Waals surface area contributed by atoms with E-state index >= 15 is 0 Å². The summed E-state index contributed by atoms with van der Waals surface area (Å²) in [4.78, 5) is 27.4. The molecule has 1 heterocycles. The van der Waals surface area contributed by atoms with Gasteiger partial charge in [0.25, 0.3) is 0 Å². The van der Waals surface area contributed by atoms with Crippen LogP contribution in [0, 0.1) is 11.3 Å². The van der Waals surface area contributed by atoms with E-state index in [4.69, 9.17) is 10.00 Å². The fourth-order valence-electron chi connectivity index (χ4n) is 2.25. The number of carboxylic acids is 1. The number of aromatic nitrogens is 1. The number of carboxylic acid groups (broad SMARTS) is 1. The van der Waals surface area contributed by atoms with E-state index in [0.717, 1.165) is 10.9 Å². The predicted molar refractivity (Wildman–Crippen MR) is 91.0 cm³/mol. The minimum atomic E-state index is -1.15. The molecule has 2 rings (SSSR count). The number of carbonyl (C=O) groups is 2. The van der Waals surface area contributed by atoms with Crippen LogP contribution in [0.3, 0.4) is 0 Å². The zero-order valence-electron chi connectivity index (χ0n) is 14.2. The number of aliphatic carboxylic acids is 1. The fourth-order valence-corrected chi connectivity index (χ4v) is 2.25. The Morgan fingerprint density at radius 3 is 2.64 bits per heavy atom. The first-order valence-electron chi connectivity index (χ1n) is 7.70. The summed E-state index contributed by atoms with van der Waals surface area (Å²) < 4.78 is 5.10. The molecule has 0 spiro atoms. The van der Waals surface area contributed by atoms with Crippen LogP contribution < -0.4 is 5.32 Å². The van der Waals surface area contributed by atoms with E-state index in [0.29, 0.717) is 11.2 Å². The summed E-state index contributed by atoms with van der Waals surface area (Å²) in [5, 5.41) is 21.4. The highest BCUT2D eigenvalue weighted by Gasteiger charge is 2.24. The van der Waals surface area contributed by atoms with Gasteiger partial charge >= 0.3 is 12.1 Å². The van der Waals surface area contributed by atoms with E-state index in [1.54, 1.807) is 51.1 Å². The molecule has 2 aromatic rings. The van der Waals surface area contributed by atoms with Gasteiger partial charge in [0.2, 0.25) is 0 Å². The molecule has 1 atom stereocenters. The zero-order valence-corrected chi connectivity index (χ0v) is 14.2. The van der Waals surface area contributed by atoms with Crippen molar-refractivity contribution < 1.29 is 19.4 Å². The van der Waals surface area contributed by atoms with Crippen LogP contribution in [0.25, 0.3) is 10.9 Å². The number of nitriles is 1. The number of hydrogen-bond acceptors (Lipinski definition) is 5. The number of hydrogen-bond donors (Lipinski definition) is 2. The molecule has 0 unspecified atom stereocenters. The third-order valence-electron chi connectivity index (χ3n) is 3.30. The molecule has 7 nitrogen and oxygen atoms in total. The lowest BCUT2D eigenvalue weighted by Gasteiger charge is -2.22. The third-order valence-corrected chi connectivity index (χ3v) is 3.30. The van der Waals surface area contributed by atoms with Crippen molar-refractivity contribution in [1.29, 1.82) is 5.26 Å². The number of carbonyl (C=O) groups excluding carboxylic acids is 1. The lowest BCUT2D eigenvalue weighted by molar-refractivity contribution is -0.139. The van der Waals surface area contributed by atoms with E-state index < -0.39 is 23.7 Å². The molecule has 130 valence electrons. The molecular formula is C18H19N3O4. The van der Waals surface area contributed by atoms with Crippen LogP contribution in [0.1, 0.15) is 32.0 Å². The highest BCUT2D eigenvalue weighted by molar-refractivity contribution is 5.82. The number of pyridine rings is 1. The molecule has 1 aromatic carbocycles.